The fourth-order valence-corrected chi connectivity index (χ4v) is 1.89. The molecule has 2 aliphatic rings. The van der Waals surface area contributed by atoms with Gasteiger partial charge in [-0.1, -0.05) is 0 Å². The van der Waals surface area contributed by atoms with Gasteiger partial charge in [-0.3, -0.25) is 5.43 Å². The van der Waals surface area contributed by atoms with Gasteiger partial charge in [-0.05, 0) is 19.4 Å². The number of ether oxygens (including phenoxy) is 1. The summed E-state index contributed by atoms with van der Waals surface area (Å²) in [6.07, 6.45) is 2.65. The van der Waals surface area contributed by atoms with Crippen LogP contribution in [-0.4, -0.2) is 50.4 Å². The average Bonchev–Trinajstić information content (AvgIpc) is 2.69. The van der Waals surface area contributed by atoms with Crippen LogP contribution in [0, 0.1) is 0 Å². The van der Waals surface area contributed by atoms with E-state index in [0.717, 1.165) is 32.8 Å². The van der Waals surface area contributed by atoms with E-state index in [1.54, 1.807) is 0 Å². The van der Waals surface area contributed by atoms with Crippen LogP contribution >= 0.6 is 0 Å². The Hall–Kier alpha value is -0.160. The van der Waals surface area contributed by atoms with Crippen LogP contribution in [0.25, 0.3) is 0 Å². The van der Waals surface area contributed by atoms with E-state index < -0.39 is 0 Å². The Morgan fingerprint density at radius 2 is 2.23 bits per heavy atom. The summed E-state index contributed by atoms with van der Waals surface area (Å²) in [7, 11) is 0. The molecule has 2 rings (SSSR count). The molecule has 0 saturated carbocycles. The van der Waals surface area contributed by atoms with Gasteiger partial charge in [0.25, 0.3) is 0 Å². The Labute approximate surface area is 79.6 Å². The zero-order chi connectivity index (χ0) is 8.93. The van der Waals surface area contributed by atoms with Crippen LogP contribution in [-0.2, 0) is 4.74 Å². The van der Waals surface area contributed by atoms with Crippen molar-refractivity contribution in [2.45, 2.75) is 18.9 Å². The molecule has 0 aliphatic carbocycles. The molecular formula is C9H19N3O. The largest absolute Gasteiger partial charge is 0.379 e. The summed E-state index contributed by atoms with van der Waals surface area (Å²) in [5, 5.41) is 5.74. The number of morpholine rings is 1. The lowest BCUT2D eigenvalue weighted by molar-refractivity contribution is 0.0108. The Balaban J connectivity index is 1.60. The first kappa shape index (κ1) is 9.40. The molecule has 4 heteroatoms. The van der Waals surface area contributed by atoms with Crippen molar-refractivity contribution in [3.8, 4) is 0 Å². The molecule has 1 unspecified atom stereocenters. The van der Waals surface area contributed by atoms with E-state index in [1.807, 2.05) is 0 Å². The fourth-order valence-electron chi connectivity index (χ4n) is 1.89. The molecule has 2 N–H and O–H groups in total. The Kier molecular flexibility index (Phi) is 3.55. The number of nitrogens with one attached hydrogen (secondary N) is 2. The molecule has 0 spiro atoms. The maximum Gasteiger partial charge on any atom is 0.0608 e. The smallest absolute Gasteiger partial charge is 0.0608 e. The lowest BCUT2D eigenvalue weighted by Gasteiger charge is -2.28. The topological polar surface area (TPSA) is 36.5 Å². The Morgan fingerprint density at radius 1 is 1.38 bits per heavy atom. The maximum absolute atomic E-state index is 5.27. The maximum atomic E-state index is 5.27. The molecule has 1 atom stereocenters. The highest BCUT2D eigenvalue weighted by Gasteiger charge is 2.15. The van der Waals surface area contributed by atoms with Crippen molar-refractivity contribution in [2.24, 2.45) is 0 Å². The van der Waals surface area contributed by atoms with Crippen LogP contribution in [0.15, 0.2) is 0 Å². The van der Waals surface area contributed by atoms with Crippen molar-refractivity contribution >= 4 is 0 Å². The van der Waals surface area contributed by atoms with Crippen LogP contribution in [0.2, 0.25) is 0 Å². The quantitative estimate of drug-likeness (QED) is 0.626. The highest BCUT2D eigenvalue weighted by molar-refractivity contribution is 4.75. The molecule has 2 heterocycles. The Bertz CT molecular complexity index is 142. The second kappa shape index (κ2) is 4.91. The van der Waals surface area contributed by atoms with Crippen LogP contribution in [0.1, 0.15) is 12.8 Å². The number of rotatable bonds is 3. The summed E-state index contributed by atoms with van der Waals surface area (Å²) in [6.45, 7) is 6.03. The SMILES string of the molecule is C1CNC(CNN2CCOCC2)C1. The molecule has 0 aromatic rings. The minimum Gasteiger partial charge on any atom is -0.379 e. The summed E-state index contributed by atoms with van der Waals surface area (Å²) < 4.78 is 5.27. The van der Waals surface area contributed by atoms with Gasteiger partial charge in [0.15, 0.2) is 0 Å². The van der Waals surface area contributed by atoms with Crippen molar-refractivity contribution in [1.82, 2.24) is 15.8 Å². The van der Waals surface area contributed by atoms with Gasteiger partial charge in [0.05, 0.1) is 13.2 Å². The van der Waals surface area contributed by atoms with E-state index in [0.29, 0.717) is 6.04 Å². The first-order valence-corrected chi connectivity index (χ1v) is 5.25. The third kappa shape index (κ3) is 2.91. The standard InChI is InChI=1S/C9H19N3O/c1-2-9(10-3-1)8-11-12-4-6-13-7-5-12/h9-11H,1-8H2. The van der Waals surface area contributed by atoms with Gasteiger partial charge in [-0.2, -0.15) is 0 Å². The monoisotopic (exact) mass is 185 g/mol. The van der Waals surface area contributed by atoms with E-state index in [4.69, 9.17) is 4.74 Å². The molecule has 13 heavy (non-hydrogen) atoms. The minimum atomic E-state index is 0.683. The van der Waals surface area contributed by atoms with E-state index in [1.165, 1.54) is 19.4 Å². The molecule has 76 valence electrons. The highest BCUT2D eigenvalue weighted by Crippen LogP contribution is 2.03. The second-order valence-electron chi connectivity index (χ2n) is 3.75. The predicted octanol–water partition coefficient (Wildman–Crippen LogP) is -0.425. The average molecular weight is 185 g/mol. The van der Waals surface area contributed by atoms with Crippen molar-refractivity contribution in [1.29, 1.82) is 0 Å². The van der Waals surface area contributed by atoms with E-state index in [-0.39, 0.29) is 0 Å². The summed E-state index contributed by atoms with van der Waals surface area (Å²) in [5.74, 6) is 0. The lowest BCUT2D eigenvalue weighted by Crippen LogP contribution is -2.49. The second-order valence-corrected chi connectivity index (χ2v) is 3.75. The third-order valence-electron chi connectivity index (χ3n) is 2.73. The molecule has 4 nitrogen and oxygen atoms in total. The number of hydrogen-bond donors (Lipinski definition) is 2. The molecule has 2 aliphatic heterocycles. The number of hydrogen-bond acceptors (Lipinski definition) is 4. The summed E-state index contributed by atoms with van der Waals surface area (Å²) in [5.41, 5.74) is 3.45. The van der Waals surface area contributed by atoms with Crippen LogP contribution in [0.5, 0.6) is 0 Å². The van der Waals surface area contributed by atoms with Gasteiger partial charge in [-0.15, -0.1) is 0 Å². The van der Waals surface area contributed by atoms with Crippen LogP contribution in [0.4, 0.5) is 0 Å². The van der Waals surface area contributed by atoms with Gasteiger partial charge in [-0.25, -0.2) is 5.01 Å². The zero-order valence-electron chi connectivity index (χ0n) is 8.09. The molecule has 2 saturated heterocycles. The summed E-state index contributed by atoms with van der Waals surface area (Å²) in [4.78, 5) is 0. The van der Waals surface area contributed by atoms with Gasteiger partial charge < -0.3 is 10.1 Å². The highest BCUT2D eigenvalue weighted by atomic mass is 16.5. The summed E-state index contributed by atoms with van der Waals surface area (Å²) in [6, 6.07) is 0.683. The van der Waals surface area contributed by atoms with Crippen LogP contribution < -0.4 is 10.7 Å². The number of hydrazine groups is 1. The summed E-state index contributed by atoms with van der Waals surface area (Å²) >= 11 is 0. The number of nitrogens with zero attached hydrogens (tertiary/aromatic N) is 1. The molecule has 0 bridgehead atoms. The van der Waals surface area contributed by atoms with E-state index in [2.05, 4.69) is 15.8 Å². The van der Waals surface area contributed by atoms with Gasteiger partial charge in [0, 0.05) is 25.7 Å². The molecule has 0 aromatic carbocycles. The van der Waals surface area contributed by atoms with Crippen molar-refractivity contribution in [2.75, 3.05) is 39.4 Å². The van der Waals surface area contributed by atoms with E-state index >= 15 is 0 Å². The molecule has 0 aromatic heterocycles. The van der Waals surface area contributed by atoms with E-state index in [9.17, 15) is 0 Å². The first-order valence-electron chi connectivity index (χ1n) is 5.25. The predicted molar refractivity (Wildman–Crippen MR) is 51.4 cm³/mol. The molecule has 0 radical (unpaired) electrons. The fraction of sp³-hybridized carbons (Fsp3) is 1.00. The van der Waals surface area contributed by atoms with Gasteiger partial charge in [0.1, 0.15) is 0 Å². The zero-order valence-corrected chi connectivity index (χ0v) is 8.09. The van der Waals surface area contributed by atoms with Gasteiger partial charge in [0.2, 0.25) is 0 Å². The van der Waals surface area contributed by atoms with Crippen LogP contribution in [0.3, 0.4) is 0 Å². The molecular weight excluding hydrogens is 166 g/mol. The lowest BCUT2D eigenvalue weighted by atomic mass is 10.2. The molecule has 2 fully saturated rings. The normalized spacial score (nSPS) is 30.9. The third-order valence-corrected chi connectivity index (χ3v) is 2.73. The van der Waals surface area contributed by atoms with Gasteiger partial charge >= 0.3 is 0 Å². The Morgan fingerprint density at radius 3 is 2.92 bits per heavy atom. The van der Waals surface area contributed by atoms with Crippen molar-refractivity contribution < 1.29 is 4.74 Å². The minimum absolute atomic E-state index is 0.683. The van der Waals surface area contributed by atoms with Crippen molar-refractivity contribution in [3.05, 3.63) is 0 Å². The first-order chi connectivity index (χ1) is 6.45. The molecule has 0 amide bonds. The van der Waals surface area contributed by atoms with Crippen molar-refractivity contribution in [3.63, 3.8) is 0 Å².